The minimum Gasteiger partial charge on any atom is -0.348 e. The van der Waals surface area contributed by atoms with Crippen LogP contribution in [0.2, 0.25) is 0 Å². The van der Waals surface area contributed by atoms with Crippen molar-refractivity contribution in [2.24, 2.45) is 5.41 Å². The summed E-state index contributed by atoms with van der Waals surface area (Å²) in [6.07, 6.45) is 4.01. The fourth-order valence-electron chi connectivity index (χ4n) is 1.90. The molecule has 0 saturated carbocycles. The second kappa shape index (κ2) is 4.92. The van der Waals surface area contributed by atoms with Gasteiger partial charge in [-0.15, -0.1) is 0 Å². The summed E-state index contributed by atoms with van der Waals surface area (Å²) in [5, 5.41) is 3.21. The van der Waals surface area contributed by atoms with Gasteiger partial charge in [0.15, 0.2) is 0 Å². The van der Waals surface area contributed by atoms with Crippen molar-refractivity contribution < 1.29 is 4.79 Å². The number of hydrogen-bond donors (Lipinski definition) is 1. The Morgan fingerprint density at radius 2 is 2.00 bits per heavy atom. The first kappa shape index (κ1) is 12.8. The average Bonchev–Trinajstić information content (AvgIpc) is 2.21. The third-order valence-corrected chi connectivity index (χ3v) is 2.81. The minimum atomic E-state index is 0.0537. The zero-order chi connectivity index (χ0) is 13.2. The molecule has 2 rings (SSSR count). The molecule has 1 saturated heterocycles. The SMILES string of the molecule is CC(C)(C)CC(=O)N1CC(Nc2ncccn2)C1. The number of amides is 1. The summed E-state index contributed by atoms with van der Waals surface area (Å²) in [4.78, 5) is 22.0. The third kappa shape index (κ3) is 3.42. The van der Waals surface area contributed by atoms with Gasteiger partial charge in [0, 0.05) is 31.9 Å². The van der Waals surface area contributed by atoms with Crippen molar-refractivity contribution in [1.29, 1.82) is 0 Å². The fourth-order valence-corrected chi connectivity index (χ4v) is 1.90. The topological polar surface area (TPSA) is 58.1 Å². The van der Waals surface area contributed by atoms with Crippen LogP contribution in [0.15, 0.2) is 18.5 Å². The van der Waals surface area contributed by atoms with E-state index >= 15 is 0 Å². The molecule has 1 N–H and O–H groups in total. The predicted molar refractivity (Wildman–Crippen MR) is 70.1 cm³/mol. The van der Waals surface area contributed by atoms with Crippen molar-refractivity contribution in [3.63, 3.8) is 0 Å². The lowest BCUT2D eigenvalue weighted by molar-refractivity contribution is -0.137. The zero-order valence-corrected chi connectivity index (χ0v) is 11.2. The van der Waals surface area contributed by atoms with E-state index in [-0.39, 0.29) is 17.4 Å². The van der Waals surface area contributed by atoms with Gasteiger partial charge >= 0.3 is 0 Å². The number of likely N-dealkylation sites (tertiary alicyclic amines) is 1. The average molecular weight is 248 g/mol. The normalized spacial score (nSPS) is 16.3. The molecular weight excluding hydrogens is 228 g/mol. The minimum absolute atomic E-state index is 0.0537. The van der Waals surface area contributed by atoms with Gasteiger partial charge < -0.3 is 10.2 Å². The molecule has 98 valence electrons. The quantitative estimate of drug-likeness (QED) is 0.881. The van der Waals surface area contributed by atoms with Crippen LogP contribution in [0.25, 0.3) is 0 Å². The van der Waals surface area contributed by atoms with Crippen LogP contribution in [0.5, 0.6) is 0 Å². The lowest BCUT2D eigenvalue weighted by Gasteiger charge is -2.40. The summed E-state index contributed by atoms with van der Waals surface area (Å²) in [5.41, 5.74) is 0.0537. The lowest BCUT2D eigenvalue weighted by atomic mass is 9.91. The van der Waals surface area contributed by atoms with Crippen molar-refractivity contribution in [2.75, 3.05) is 18.4 Å². The molecule has 0 unspecified atom stereocenters. The molecule has 1 aromatic heterocycles. The van der Waals surface area contributed by atoms with Crippen LogP contribution >= 0.6 is 0 Å². The van der Waals surface area contributed by atoms with Gasteiger partial charge in [-0.3, -0.25) is 4.79 Å². The number of carbonyl (C=O) groups is 1. The zero-order valence-electron chi connectivity index (χ0n) is 11.2. The molecule has 5 heteroatoms. The van der Waals surface area contributed by atoms with Crippen LogP contribution in [0.3, 0.4) is 0 Å². The van der Waals surface area contributed by atoms with Crippen LogP contribution in [0.1, 0.15) is 27.2 Å². The van der Waals surface area contributed by atoms with Gasteiger partial charge in [-0.05, 0) is 11.5 Å². The third-order valence-electron chi connectivity index (χ3n) is 2.81. The summed E-state index contributed by atoms with van der Waals surface area (Å²) in [7, 11) is 0. The molecule has 0 radical (unpaired) electrons. The summed E-state index contributed by atoms with van der Waals surface area (Å²) < 4.78 is 0. The molecule has 0 aromatic carbocycles. The highest BCUT2D eigenvalue weighted by Gasteiger charge is 2.32. The van der Waals surface area contributed by atoms with Gasteiger partial charge in [-0.2, -0.15) is 0 Å². The molecule has 0 aliphatic carbocycles. The molecule has 18 heavy (non-hydrogen) atoms. The maximum absolute atomic E-state index is 11.9. The second-order valence-corrected chi connectivity index (χ2v) is 5.95. The smallest absolute Gasteiger partial charge is 0.223 e. The summed E-state index contributed by atoms with van der Waals surface area (Å²) in [6.45, 7) is 7.73. The first-order valence-electron chi connectivity index (χ1n) is 6.25. The van der Waals surface area contributed by atoms with E-state index in [1.807, 2.05) is 4.90 Å². The molecule has 1 aliphatic heterocycles. The molecule has 1 amide bonds. The number of nitrogens with zero attached hydrogens (tertiary/aromatic N) is 3. The Kier molecular flexibility index (Phi) is 3.50. The second-order valence-electron chi connectivity index (χ2n) is 5.95. The van der Waals surface area contributed by atoms with Crippen LogP contribution < -0.4 is 5.32 Å². The van der Waals surface area contributed by atoms with Gasteiger partial charge in [-0.25, -0.2) is 9.97 Å². The van der Waals surface area contributed by atoms with Gasteiger partial charge in [0.05, 0.1) is 6.04 Å². The molecule has 1 aromatic rings. The summed E-state index contributed by atoms with van der Waals surface area (Å²) in [5.74, 6) is 0.861. The summed E-state index contributed by atoms with van der Waals surface area (Å²) >= 11 is 0. The van der Waals surface area contributed by atoms with E-state index in [0.717, 1.165) is 13.1 Å². The van der Waals surface area contributed by atoms with Crippen LogP contribution in [-0.2, 0) is 4.79 Å². The molecular formula is C13H20N4O. The highest BCUT2D eigenvalue weighted by Crippen LogP contribution is 2.22. The van der Waals surface area contributed by atoms with Crippen molar-refractivity contribution in [2.45, 2.75) is 33.2 Å². The molecule has 0 spiro atoms. The van der Waals surface area contributed by atoms with Crippen molar-refractivity contribution >= 4 is 11.9 Å². The maximum Gasteiger partial charge on any atom is 0.223 e. The highest BCUT2D eigenvalue weighted by molar-refractivity contribution is 5.78. The Morgan fingerprint density at radius 1 is 1.39 bits per heavy atom. The first-order chi connectivity index (χ1) is 8.44. The Hall–Kier alpha value is -1.65. The van der Waals surface area contributed by atoms with Gasteiger partial charge in [0.25, 0.3) is 0 Å². The van der Waals surface area contributed by atoms with Crippen LogP contribution in [0, 0.1) is 5.41 Å². The first-order valence-corrected chi connectivity index (χ1v) is 6.25. The van der Waals surface area contributed by atoms with E-state index in [1.54, 1.807) is 18.5 Å². The fraction of sp³-hybridized carbons (Fsp3) is 0.615. The van der Waals surface area contributed by atoms with Crippen molar-refractivity contribution in [3.8, 4) is 0 Å². The van der Waals surface area contributed by atoms with Crippen LogP contribution in [0.4, 0.5) is 5.95 Å². The largest absolute Gasteiger partial charge is 0.348 e. The van der Waals surface area contributed by atoms with E-state index in [9.17, 15) is 4.79 Å². The Morgan fingerprint density at radius 3 is 2.56 bits per heavy atom. The van der Waals surface area contributed by atoms with Crippen molar-refractivity contribution in [1.82, 2.24) is 14.9 Å². The lowest BCUT2D eigenvalue weighted by Crippen LogP contribution is -2.57. The van der Waals surface area contributed by atoms with Crippen LogP contribution in [-0.4, -0.2) is 39.9 Å². The standard InChI is InChI=1S/C13H20N4O/c1-13(2,3)7-11(18)17-8-10(9-17)16-12-14-5-4-6-15-12/h4-6,10H,7-9H2,1-3H3,(H,14,15,16). The van der Waals surface area contributed by atoms with E-state index < -0.39 is 0 Å². The van der Waals surface area contributed by atoms with Gasteiger partial charge in [0.2, 0.25) is 11.9 Å². The Labute approximate surface area is 108 Å². The molecule has 5 nitrogen and oxygen atoms in total. The van der Waals surface area contributed by atoms with Crippen molar-refractivity contribution in [3.05, 3.63) is 18.5 Å². The monoisotopic (exact) mass is 248 g/mol. The van der Waals surface area contributed by atoms with Gasteiger partial charge in [0.1, 0.15) is 0 Å². The molecule has 2 heterocycles. The summed E-state index contributed by atoms with van der Waals surface area (Å²) in [6, 6.07) is 2.06. The van der Waals surface area contributed by atoms with E-state index in [2.05, 4.69) is 36.1 Å². The maximum atomic E-state index is 11.9. The number of nitrogens with one attached hydrogen (secondary N) is 1. The number of aromatic nitrogens is 2. The Balaban J connectivity index is 1.76. The molecule has 0 atom stereocenters. The number of anilines is 1. The molecule has 1 aliphatic rings. The molecule has 0 bridgehead atoms. The number of hydrogen-bond acceptors (Lipinski definition) is 4. The Bertz CT molecular complexity index is 407. The molecule has 1 fully saturated rings. The van der Waals surface area contributed by atoms with E-state index in [4.69, 9.17) is 0 Å². The number of carbonyl (C=O) groups excluding carboxylic acids is 1. The highest BCUT2D eigenvalue weighted by atomic mass is 16.2. The van der Waals surface area contributed by atoms with E-state index in [0.29, 0.717) is 12.4 Å². The van der Waals surface area contributed by atoms with E-state index in [1.165, 1.54) is 0 Å². The number of rotatable bonds is 3. The van der Waals surface area contributed by atoms with Gasteiger partial charge in [-0.1, -0.05) is 20.8 Å². The predicted octanol–water partition coefficient (Wildman–Crippen LogP) is 1.54.